The Balaban J connectivity index is 1.88. The molecule has 0 atom stereocenters. The second-order valence-electron chi connectivity index (χ2n) is 5.44. The monoisotopic (exact) mass is 364 g/mol. The molecule has 10 heteroatoms. The van der Waals surface area contributed by atoms with Crippen LogP contribution in [0.1, 0.15) is 13.8 Å². The van der Waals surface area contributed by atoms with E-state index in [4.69, 9.17) is 0 Å². The van der Waals surface area contributed by atoms with Crippen LogP contribution >= 0.6 is 11.8 Å². The fourth-order valence-electron chi connectivity index (χ4n) is 2.68. The van der Waals surface area contributed by atoms with Gasteiger partial charge in [0.2, 0.25) is 11.8 Å². The molecule has 2 fully saturated rings. The number of nitrogens with zero attached hydrogens (tertiary/aromatic N) is 4. The molecule has 0 radical (unpaired) electrons. The van der Waals surface area contributed by atoms with Gasteiger partial charge in [-0.3, -0.25) is 9.59 Å². The maximum absolute atomic E-state index is 12.4. The summed E-state index contributed by atoms with van der Waals surface area (Å²) < 4.78 is 27.7. The van der Waals surface area contributed by atoms with E-state index in [0.29, 0.717) is 50.9 Å². The van der Waals surface area contributed by atoms with Crippen LogP contribution in [0, 0.1) is 0 Å². The highest BCUT2D eigenvalue weighted by Crippen LogP contribution is 2.16. The number of piperazine rings is 1. The normalized spacial score (nSPS) is 20.6. The largest absolute Gasteiger partial charge is 0.339 e. The molecule has 2 amide bonds. The van der Waals surface area contributed by atoms with E-state index in [1.54, 1.807) is 9.80 Å². The van der Waals surface area contributed by atoms with Gasteiger partial charge in [-0.2, -0.15) is 17.0 Å². The summed E-state index contributed by atoms with van der Waals surface area (Å²) in [6, 6.07) is 0. The molecular formula is C13H24N4O4S2. The lowest BCUT2D eigenvalue weighted by Gasteiger charge is -2.36. The Hall–Kier alpha value is -0.840. The predicted octanol–water partition coefficient (Wildman–Crippen LogP) is -0.750. The first-order chi connectivity index (χ1) is 10.9. The molecule has 2 rings (SSSR count). The van der Waals surface area contributed by atoms with Gasteiger partial charge >= 0.3 is 0 Å². The van der Waals surface area contributed by atoms with Gasteiger partial charge in [-0.05, 0) is 0 Å². The van der Waals surface area contributed by atoms with Crippen LogP contribution in [0.25, 0.3) is 0 Å². The van der Waals surface area contributed by atoms with E-state index in [1.165, 1.54) is 20.4 Å². The first-order valence-corrected chi connectivity index (χ1v) is 10.3. The van der Waals surface area contributed by atoms with Gasteiger partial charge in [0.15, 0.2) is 0 Å². The Kier molecular flexibility index (Phi) is 6.29. The zero-order chi connectivity index (χ0) is 17.0. The molecule has 8 nitrogen and oxygen atoms in total. The zero-order valence-corrected chi connectivity index (χ0v) is 15.2. The molecule has 0 aromatic rings. The summed E-state index contributed by atoms with van der Waals surface area (Å²) in [5.74, 6) is 0.871. The lowest BCUT2D eigenvalue weighted by atomic mass is 10.3. The van der Waals surface area contributed by atoms with Crippen LogP contribution in [-0.2, 0) is 19.8 Å². The quantitative estimate of drug-likeness (QED) is 0.619. The Morgan fingerprint density at radius 3 is 2.26 bits per heavy atom. The lowest BCUT2D eigenvalue weighted by Crippen LogP contribution is -2.55. The van der Waals surface area contributed by atoms with E-state index in [-0.39, 0.29) is 18.4 Å². The van der Waals surface area contributed by atoms with Crippen LogP contribution in [0.2, 0.25) is 0 Å². The summed E-state index contributed by atoms with van der Waals surface area (Å²) in [7, 11) is -3.44. The van der Waals surface area contributed by atoms with E-state index in [9.17, 15) is 18.0 Å². The van der Waals surface area contributed by atoms with Crippen molar-refractivity contribution in [2.75, 3.05) is 57.4 Å². The van der Waals surface area contributed by atoms with Gasteiger partial charge in [0, 0.05) is 39.3 Å². The number of amides is 2. The first kappa shape index (κ1) is 18.5. The van der Waals surface area contributed by atoms with Crippen molar-refractivity contribution in [2.45, 2.75) is 13.8 Å². The number of rotatable bonds is 6. The average Bonchev–Trinajstić information content (AvgIpc) is 2.93. The molecule has 132 valence electrons. The van der Waals surface area contributed by atoms with Gasteiger partial charge < -0.3 is 9.80 Å². The van der Waals surface area contributed by atoms with Crippen LogP contribution in [0.4, 0.5) is 0 Å². The third-order valence-corrected chi connectivity index (χ3v) is 7.23. The molecule has 2 saturated heterocycles. The van der Waals surface area contributed by atoms with Crippen molar-refractivity contribution in [1.29, 1.82) is 0 Å². The number of hydrogen-bond donors (Lipinski definition) is 0. The second-order valence-corrected chi connectivity index (χ2v) is 8.32. The van der Waals surface area contributed by atoms with Crippen molar-refractivity contribution in [3.8, 4) is 0 Å². The van der Waals surface area contributed by atoms with Crippen molar-refractivity contribution < 1.29 is 18.0 Å². The molecule has 0 aromatic carbocycles. The second kappa shape index (κ2) is 7.82. The van der Waals surface area contributed by atoms with Crippen LogP contribution in [0.5, 0.6) is 0 Å². The topological polar surface area (TPSA) is 81.2 Å². The molecule has 0 aliphatic carbocycles. The molecule has 2 aliphatic rings. The minimum Gasteiger partial charge on any atom is -0.339 e. The van der Waals surface area contributed by atoms with Crippen molar-refractivity contribution in [1.82, 2.24) is 18.4 Å². The summed E-state index contributed by atoms with van der Waals surface area (Å²) in [5, 5.41) is 0. The number of carbonyl (C=O) groups is 2. The third-order valence-electron chi connectivity index (χ3n) is 4.10. The van der Waals surface area contributed by atoms with Crippen LogP contribution < -0.4 is 0 Å². The van der Waals surface area contributed by atoms with Crippen LogP contribution in [-0.4, -0.2) is 96.1 Å². The first-order valence-electron chi connectivity index (χ1n) is 7.78. The number of thioether (sulfide) groups is 1. The smallest absolute Gasteiger partial charge is 0.282 e. The predicted molar refractivity (Wildman–Crippen MR) is 89.0 cm³/mol. The maximum atomic E-state index is 12.4. The summed E-state index contributed by atoms with van der Waals surface area (Å²) in [4.78, 5) is 27.0. The van der Waals surface area contributed by atoms with Crippen molar-refractivity contribution in [2.24, 2.45) is 0 Å². The highest BCUT2D eigenvalue weighted by atomic mass is 32.2. The molecule has 2 aliphatic heterocycles. The molecule has 0 N–H and O–H groups in total. The van der Waals surface area contributed by atoms with E-state index < -0.39 is 10.2 Å². The van der Waals surface area contributed by atoms with Gasteiger partial charge in [0.25, 0.3) is 10.2 Å². The van der Waals surface area contributed by atoms with Crippen molar-refractivity contribution in [3.63, 3.8) is 0 Å². The van der Waals surface area contributed by atoms with Gasteiger partial charge in [0.1, 0.15) is 6.54 Å². The average molecular weight is 364 g/mol. The molecule has 0 unspecified atom stereocenters. The minimum atomic E-state index is -3.44. The van der Waals surface area contributed by atoms with Gasteiger partial charge in [-0.25, -0.2) is 0 Å². The fourth-order valence-corrected chi connectivity index (χ4v) is 5.19. The number of carbonyl (C=O) groups excluding carboxylic acids is 2. The van der Waals surface area contributed by atoms with Gasteiger partial charge in [-0.15, -0.1) is 11.8 Å². The molecule has 0 saturated carbocycles. The van der Waals surface area contributed by atoms with Crippen LogP contribution in [0.15, 0.2) is 0 Å². The van der Waals surface area contributed by atoms with E-state index in [2.05, 4.69) is 0 Å². The fraction of sp³-hybridized carbons (Fsp3) is 0.846. The molecule has 23 heavy (non-hydrogen) atoms. The summed E-state index contributed by atoms with van der Waals surface area (Å²) in [6.45, 7) is 5.93. The van der Waals surface area contributed by atoms with Crippen molar-refractivity contribution >= 4 is 33.8 Å². The third kappa shape index (κ3) is 4.17. The molecule has 0 bridgehead atoms. The highest BCUT2D eigenvalue weighted by molar-refractivity contribution is 8.00. The Bertz CT molecular complexity index is 542. The van der Waals surface area contributed by atoms with E-state index in [1.807, 2.05) is 13.8 Å². The summed E-state index contributed by atoms with van der Waals surface area (Å²) in [5.41, 5.74) is 0. The molecule has 2 heterocycles. The van der Waals surface area contributed by atoms with E-state index in [0.717, 1.165) is 0 Å². The van der Waals surface area contributed by atoms with Gasteiger partial charge in [-0.1, -0.05) is 13.8 Å². The SMILES string of the molecule is CCN(CC)S(=O)(=O)N1CCN(C(=O)CN2CSCC2=O)CC1. The molecular weight excluding hydrogens is 340 g/mol. The maximum Gasteiger partial charge on any atom is 0.282 e. The zero-order valence-electron chi connectivity index (χ0n) is 13.6. The van der Waals surface area contributed by atoms with Crippen molar-refractivity contribution in [3.05, 3.63) is 0 Å². The standard InChI is InChI=1S/C13H24N4O4S2/c1-3-16(4-2)23(20,21)17-7-5-14(6-8-17)12(18)9-15-11-22-10-13(15)19/h3-11H2,1-2H3. The summed E-state index contributed by atoms with van der Waals surface area (Å²) in [6.07, 6.45) is 0. The Labute approximate surface area is 141 Å². The minimum absolute atomic E-state index is 0.00824. The molecule has 0 spiro atoms. The van der Waals surface area contributed by atoms with E-state index >= 15 is 0 Å². The molecule has 0 aromatic heterocycles. The summed E-state index contributed by atoms with van der Waals surface area (Å²) >= 11 is 1.50. The Morgan fingerprint density at radius 2 is 1.78 bits per heavy atom. The van der Waals surface area contributed by atoms with Gasteiger partial charge in [0.05, 0.1) is 11.6 Å². The lowest BCUT2D eigenvalue weighted by molar-refractivity contribution is -0.138. The van der Waals surface area contributed by atoms with Crippen LogP contribution in [0.3, 0.4) is 0 Å². The highest BCUT2D eigenvalue weighted by Gasteiger charge is 2.33. The number of hydrogen-bond acceptors (Lipinski definition) is 5. The Morgan fingerprint density at radius 1 is 1.17 bits per heavy atom.